The van der Waals surface area contributed by atoms with Crippen molar-refractivity contribution in [2.45, 2.75) is 19.5 Å². The number of aromatic nitrogens is 1. The molecule has 4 amide bonds. The van der Waals surface area contributed by atoms with Gasteiger partial charge in [0.05, 0.1) is 17.0 Å². The Morgan fingerprint density at radius 2 is 1.74 bits per heavy atom. The second-order valence-electron chi connectivity index (χ2n) is 8.61. The predicted octanol–water partition coefficient (Wildman–Crippen LogP) is 6.07. The van der Waals surface area contributed by atoms with Gasteiger partial charge in [-0.05, 0) is 67.1 Å². The van der Waals surface area contributed by atoms with Crippen LogP contribution in [0, 0.1) is 5.82 Å². The Kier molecular flexibility index (Phi) is 11.0. The van der Waals surface area contributed by atoms with E-state index in [0.717, 1.165) is 6.07 Å². The number of benzene rings is 2. The third-order valence-corrected chi connectivity index (χ3v) is 5.66. The number of pyridine rings is 1. The van der Waals surface area contributed by atoms with Gasteiger partial charge in [-0.2, -0.15) is 13.2 Å². The molecule has 43 heavy (non-hydrogen) atoms. The maximum Gasteiger partial charge on any atom is 0.417 e. The fourth-order valence-corrected chi connectivity index (χ4v) is 3.52. The van der Waals surface area contributed by atoms with Crippen molar-refractivity contribution in [2.75, 3.05) is 5.32 Å². The van der Waals surface area contributed by atoms with E-state index in [0.29, 0.717) is 11.6 Å². The Morgan fingerprint density at radius 1 is 1.02 bits per heavy atom. The second-order valence-corrected chi connectivity index (χ2v) is 9.01. The summed E-state index contributed by atoms with van der Waals surface area (Å²) in [7, 11) is 0. The number of rotatable bonds is 9. The van der Waals surface area contributed by atoms with Crippen LogP contribution in [0.4, 0.5) is 28.0 Å². The Labute approximate surface area is 248 Å². The highest BCUT2D eigenvalue weighted by molar-refractivity contribution is 6.31. The number of urea groups is 1. The molecule has 2 aromatic carbocycles. The highest BCUT2D eigenvalue weighted by Crippen LogP contribution is 2.36. The summed E-state index contributed by atoms with van der Waals surface area (Å²) in [6.45, 7) is 5.33. The van der Waals surface area contributed by atoms with E-state index < -0.39 is 40.4 Å². The Balaban J connectivity index is 1.52. The van der Waals surface area contributed by atoms with E-state index in [1.807, 2.05) is 0 Å². The molecule has 0 unspecified atom stereocenters. The molecule has 0 saturated heterocycles. The fraction of sp³-hybridized carbons (Fsp3) is 0.103. The molecular formula is C29H24ClF4N5O4. The number of nitrogens with one attached hydrogen (secondary N) is 4. The molecule has 0 aliphatic rings. The maximum atomic E-state index is 13.0. The molecule has 0 spiro atoms. The predicted molar refractivity (Wildman–Crippen MR) is 151 cm³/mol. The molecule has 0 radical (unpaired) electrons. The van der Waals surface area contributed by atoms with Gasteiger partial charge in [0.25, 0.3) is 5.91 Å². The van der Waals surface area contributed by atoms with Crippen molar-refractivity contribution in [3.63, 3.8) is 0 Å². The lowest BCUT2D eigenvalue weighted by Gasteiger charge is -2.12. The van der Waals surface area contributed by atoms with Crippen LogP contribution in [-0.2, 0) is 17.4 Å². The lowest BCUT2D eigenvalue weighted by molar-refractivity contribution is -0.137. The number of anilines is 1. The third kappa shape index (κ3) is 10.3. The number of hydrazine groups is 1. The number of carbonyl (C=O) groups is 3. The standard InChI is InChI=1S/C29H24ClF4N5O4/c1-3-21(10-4-17(2)36-28(42)37-20-9-11-24(30)23(15-20)29(32,33)34)43-22-12-13-35-25(16-22)27(41)39-38-26(40)14-18-5-7-19(31)8-6-18/h3-13,15-16H,2,14H2,1H3,(H,38,40)(H,39,41)(H2,36,37,42)/b10-4-,21-3+. The highest BCUT2D eigenvalue weighted by Gasteiger charge is 2.33. The van der Waals surface area contributed by atoms with E-state index in [1.54, 1.807) is 13.0 Å². The summed E-state index contributed by atoms with van der Waals surface area (Å²) in [5.41, 5.74) is 3.82. The third-order valence-electron chi connectivity index (χ3n) is 5.33. The Hall–Kier alpha value is -5.17. The Morgan fingerprint density at radius 3 is 2.42 bits per heavy atom. The van der Waals surface area contributed by atoms with Gasteiger partial charge in [-0.1, -0.05) is 30.3 Å². The quantitative estimate of drug-likeness (QED) is 0.101. The van der Waals surface area contributed by atoms with E-state index in [4.69, 9.17) is 16.3 Å². The summed E-state index contributed by atoms with van der Waals surface area (Å²) in [5.74, 6) is -1.19. The number of ether oxygens (including phenoxy) is 1. The van der Waals surface area contributed by atoms with Crippen LogP contribution in [-0.4, -0.2) is 22.8 Å². The minimum absolute atomic E-state index is 0.0716. The second kappa shape index (κ2) is 14.6. The maximum absolute atomic E-state index is 13.0. The molecule has 0 saturated carbocycles. The van der Waals surface area contributed by atoms with E-state index >= 15 is 0 Å². The first kappa shape index (κ1) is 32.3. The largest absolute Gasteiger partial charge is 0.458 e. The van der Waals surface area contributed by atoms with Crippen LogP contribution in [0.25, 0.3) is 0 Å². The van der Waals surface area contributed by atoms with Gasteiger partial charge in [0.2, 0.25) is 5.91 Å². The van der Waals surface area contributed by atoms with Crippen LogP contribution in [0.3, 0.4) is 0 Å². The van der Waals surface area contributed by atoms with Crippen LogP contribution in [0.5, 0.6) is 5.75 Å². The average Bonchev–Trinajstić information content (AvgIpc) is 2.95. The molecule has 4 N–H and O–H groups in total. The molecule has 0 aliphatic heterocycles. The lowest BCUT2D eigenvalue weighted by Crippen LogP contribution is -2.42. The van der Waals surface area contributed by atoms with Gasteiger partial charge in [-0.15, -0.1) is 0 Å². The Bertz CT molecular complexity index is 1570. The number of halogens is 5. The zero-order valence-corrected chi connectivity index (χ0v) is 23.1. The summed E-state index contributed by atoms with van der Waals surface area (Å²) in [4.78, 5) is 40.7. The molecule has 0 atom stereocenters. The molecule has 0 bridgehead atoms. The van der Waals surface area contributed by atoms with Crippen molar-refractivity contribution in [1.29, 1.82) is 0 Å². The summed E-state index contributed by atoms with van der Waals surface area (Å²) >= 11 is 5.59. The highest BCUT2D eigenvalue weighted by atomic mass is 35.5. The summed E-state index contributed by atoms with van der Waals surface area (Å²) in [6, 6.07) is 10.2. The van der Waals surface area contributed by atoms with Crippen LogP contribution in [0.15, 0.2) is 97.1 Å². The number of nitrogens with zero attached hydrogens (tertiary/aromatic N) is 1. The number of amides is 4. The minimum Gasteiger partial charge on any atom is -0.458 e. The molecule has 3 aromatic rings. The van der Waals surface area contributed by atoms with Gasteiger partial charge in [-0.25, -0.2) is 9.18 Å². The van der Waals surface area contributed by atoms with Gasteiger partial charge in [0, 0.05) is 23.6 Å². The molecule has 224 valence electrons. The average molecular weight is 618 g/mol. The van der Waals surface area contributed by atoms with Gasteiger partial charge in [0.1, 0.15) is 23.0 Å². The van der Waals surface area contributed by atoms with Gasteiger partial charge in [0.15, 0.2) is 0 Å². The van der Waals surface area contributed by atoms with E-state index in [-0.39, 0.29) is 35.0 Å². The molecule has 14 heteroatoms. The minimum atomic E-state index is -4.69. The first-order chi connectivity index (χ1) is 20.3. The number of alkyl halides is 3. The number of allylic oxidation sites excluding steroid dienone is 3. The molecular weight excluding hydrogens is 594 g/mol. The van der Waals surface area contributed by atoms with Crippen LogP contribution in [0.2, 0.25) is 5.02 Å². The van der Waals surface area contributed by atoms with Crippen LogP contribution < -0.4 is 26.2 Å². The molecule has 9 nitrogen and oxygen atoms in total. The van der Waals surface area contributed by atoms with Crippen molar-refractivity contribution >= 4 is 35.1 Å². The SMILES string of the molecule is C=C(/C=C\C(=C/C)Oc1ccnc(C(=O)NNC(=O)Cc2ccc(F)cc2)c1)NC(=O)Nc1ccc(Cl)c(C(F)(F)F)c1. The lowest BCUT2D eigenvalue weighted by atomic mass is 10.1. The molecule has 0 aliphatic carbocycles. The van der Waals surface area contributed by atoms with Crippen LogP contribution >= 0.6 is 11.6 Å². The van der Waals surface area contributed by atoms with Crippen molar-refractivity contribution in [3.05, 3.63) is 125 Å². The first-order valence-electron chi connectivity index (χ1n) is 12.3. The summed E-state index contributed by atoms with van der Waals surface area (Å²) in [5, 5.41) is 4.13. The molecule has 1 heterocycles. The summed E-state index contributed by atoms with van der Waals surface area (Å²) < 4.78 is 57.9. The van der Waals surface area contributed by atoms with Gasteiger partial charge < -0.3 is 15.4 Å². The first-order valence-corrected chi connectivity index (χ1v) is 12.7. The molecule has 0 fully saturated rings. The zero-order valence-electron chi connectivity index (χ0n) is 22.4. The molecule has 3 rings (SSSR count). The van der Waals surface area contributed by atoms with Crippen LogP contribution in [0.1, 0.15) is 28.5 Å². The summed E-state index contributed by atoms with van der Waals surface area (Å²) in [6.07, 6.45) is 0.934. The van der Waals surface area contributed by atoms with Crippen molar-refractivity contribution in [2.24, 2.45) is 0 Å². The number of hydrogen-bond donors (Lipinski definition) is 4. The van der Waals surface area contributed by atoms with Crippen molar-refractivity contribution < 1.29 is 36.7 Å². The fourth-order valence-electron chi connectivity index (χ4n) is 3.30. The van der Waals surface area contributed by atoms with E-state index in [1.165, 1.54) is 60.8 Å². The van der Waals surface area contributed by atoms with Crippen molar-refractivity contribution in [1.82, 2.24) is 21.2 Å². The number of carbonyl (C=O) groups excluding carboxylic acids is 3. The number of hydrogen-bond acceptors (Lipinski definition) is 5. The van der Waals surface area contributed by atoms with Gasteiger partial charge >= 0.3 is 12.2 Å². The smallest absolute Gasteiger partial charge is 0.417 e. The topological polar surface area (TPSA) is 121 Å². The van der Waals surface area contributed by atoms with Gasteiger partial charge in [-0.3, -0.25) is 25.4 Å². The normalized spacial score (nSPS) is 11.5. The zero-order chi connectivity index (χ0) is 31.6. The van der Waals surface area contributed by atoms with E-state index in [2.05, 4.69) is 33.0 Å². The van der Waals surface area contributed by atoms with E-state index in [9.17, 15) is 31.9 Å². The molecule has 1 aromatic heterocycles. The monoisotopic (exact) mass is 617 g/mol. The van der Waals surface area contributed by atoms with Crippen molar-refractivity contribution in [3.8, 4) is 5.75 Å².